The summed E-state index contributed by atoms with van der Waals surface area (Å²) in [6, 6.07) is 0. The minimum atomic E-state index is 1.15. The van der Waals surface area contributed by atoms with E-state index in [0.717, 1.165) is 5.57 Å². The summed E-state index contributed by atoms with van der Waals surface area (Å²) in [6.45, 7) is 12.1. The van der Waals surface area contributed by atoms with Gasteiger partial charge in [0.15, 0.2) is 0 Å². The van der Waals surface area contributed by atoms with Crippen molar-refractivity contribution in [3.63, 3.8) is 0 Å². The molecule has 50 valence electrons. The first kappa shape index (κ1) is 8.35. The first-order chi connectivity index (χ1) is 4.09. The number of hydrogen-bond donors (Lipinski definition) is 0. The maximum Gasteiger partial charge on any atom is 0.129 e. The molecule has 0 rings (SSSR count). The minimum Gasteiger partial charge on any atom is -0.0386 e. The van der Waals surface area contributed by atoms with Crippen molar-refractivity contribution in [2.75, 3.05) is 0 Å². The Bertz CT molecular complexity index is 127. The van der Waals surface area contributed by atoms with Crippen LogP contribution < -0.4 is 0 Å². The first-order valence-electron chi connectivity index (χ1n) is 3.22. The summed E-state index contributed by atoms with van der Waals surface area (Å²) in [4.78, 5) is 0. The van der Waals surface area contributed by atoms with E-state index >= 15 is 0 Å². The number of rotatable bonds is 2. The van der Waals surface area contributed by atoms with Crippen LogP contribution in [-0.2, 0) is 0 Å². The predicted octanol–water partition coefficient (Wildman–Crippen LogP) is 3.12. The number of allylic oxidation sites excluding steroid dienone is 3. The summed E-state index contributed by atoms with van der Waals surface area (Å²) in [6.07, 6.45) is 2.09. The molecular formula is C9H15+. The van der Waals surface area contributed by atoms with Crippen LogP contribution in [0.1, 0.15) is 27.7 Å². The molecule has 0 fully saturated rings. The second kappa shape index (κ2) is 3.39. The van der Waals surface area contributed by atoms with E-state index in [-0.39, 0.29) is 0 Å². The van der Waals surface area contributed by atoms with Gasteiger partial charge in [-0.25, -0.2) is 0 Å². The van der Waals surface area contributed by atoms with Gasteiger partial charge in [-0.05, 0) is 6.58 Å². The average Bonchev–Trinajstić information content (AvgIpc) is 1.64. The summed E-state index contributed by atoms with van der Waals surface area (Å²) < 4.78 is 0. The lowest BCUT2D eigenvalue weighted by Gasteiger charge is -1.98. The molecule has 0 aromatic heterocycles. The smallest absolute Gasteiger partial charge is 0.0386 e. The Morgan fingerprint density at radius 2 is 1.89 bits per heavy atom. The quantitative estimate of drug-likeness (QED) is 0.391. The molecule has 0 aliphatic carbocycles. The van der Waals surface area contributed by atoms with Crippen LogP contribution >= 0.6 is 0 Å². The largest absolute Gasteiger partial charge is 0.129 e. The van der Waals surface area contributed by atoms with Gasteiger partial charge >= 0.3 is 0 Å². The van der Waals surface area contributed by atoms with Crippen molar-refractivity contribution in [2.45, 2.75) is 27.7 Å². The topological polar surface area (TPSA) is 0 Å². The standard InChI is InChI=1S/C9H15/c1-6-9(7(2)3)8(4)5/h6H,2H2,1,3-5H3/q+1. The fraction of sp³-hybridized carbons (Fsp3) is 0.444. The first-order valence-corrected chi connectivity index (χ1v) is 3.22. The van der Waals surface area contributed by atoms with Crippen LogP contribution in [0.15, 0.2) is 23.8 Å². The highest BCUT2D eigenvalue weighted by Crippen LogP contribution is 2.18. The molecule has 0 radical (unpaired) electrons. The summed E-state index contributed by atoms with van der Waals surface area (Å²) in [5, 5.41) is 0. The van der Waals surface area contributed by atoms with Gasteiger partial charge in [0.25, 0.3) is 0 Å². The van der Waals surface area contributed by atoms with Crippen molar-refractivity contribution in [1.82, 2.24) is 0 Å². The van der Waals surface area contributed by atoms with Gasteiger partial charge in [-0.15, -0.1) is 0 Å². The van der Waals surface area contributed by atoms with Crippen molar-refractivity contribution >= 4 is 0 Å². The van der Waals surface area contributed by atoms with Gasteiger partial charge < -0.3 is 0 Å². The van der Waals surface area contributed by atoms with E-state index in [2.05, 4.69) is 26.5 Å². The fourth-order valence-electron chi connectivity index (χ4n) is 0.962. The minimum absolute atomic E-state index is 1.15. The molecule has 0 aliphatic rings. The van der Waals surface area contributed by atoms with Gasteiger partial charge in [-0.2, -0.15) is 0 Å². The Labute approximate surface area is 58.3 Å². The van der Waals surface area contributed by atoms with Crippen molar-refractivity contribution in [1.29, 1.82) is 0 Å². The molecule has 0 aliphatic heterocycles. The van der Waals surface area contributed by atoms with Crippen molar-refractivity contribution < 1.29 is 0 Å². The van der Waals surface area contributed by atoms with Gasteiger partial charge in [0, 0.05) is 45.3 Å². The number of hydrogen-bond acceptors (Lipinski definition) is 0. The Morgan fingerprint density at radius 1 is 1.44 bits per heavy atom. The van der Waals surface area contributed by atoms with Crippen LogP contribution in [0, 0.1) is 5.92 Å². The van der Waals surface area contributed by atoms with Gasteiger partial charge in [0.05, 0.1) is 0 Å². The van der Waals surface area contributed by atoms with E-state index in [1.54, 1.807) is 0 Å². The second-order valence-electron chi connectivity index (χ2n) is 2.48. The van der Waals surface area contributed by atoms with E-state index in [4.69, 9.17) is 0 Å². The molecule has 0 saturated heterocycles. The molecule has 0 spiro atoms. The molecule has 0 nitrogen and oxygen atoms in total. The van der Waals surface area contributed by atoms with E-state index < -0.39 is 0 Å². The van der Waals surface area contributed by atoms with Crippen LogP contribution in [-0.4, -0.2) is 0 Å². The molecule has 0 aromatic rings. The van der Waals surface area contributed by atoms with Crippen molar-refractivity contribution in [3.8, 4) is 0 Å². The maximum atomic E-state index is 3.86. The lowest BCUT2D eigenvalue weighted by atomic mass is 9.97. The highest BCUT2D eigenvalue weighted by Gasteiger charge is 2.10. The van der Waals surface area contributed by atoms with E-state index in [1.165, 1.54) is 11.5 Å². The van der Waals surface area contributed by atoms with E-state index in [9.17, 15) is 0 Å². The van der Waals surface area contributed by atoms with Crippen LogP contribution in [0.3, 0.4) is 0 Å². The van der Waals surface area contributed by atoms with Gasteiger partial charge in [-0.1, -0.05) is 0 Å². The molecule has 0 N–H and O–H groups in total. The Hall–Kier alpha value is -0.650. The average molecular weight is 123 g/mol. The molecule has 0 unspecified atom stereocenters. The Morgan fingerprint density at radius 3 is 1.89 bits per heavy atom. The zero-order chi connectivity index (χ0) is 7.44. The molecule has 0 saturated carbocycles. The maximum absolute atomic E-state index is 3.86. The molecule has 0 heterocycles. The van der Waals surface area contributed by atoms with Crippen LogP contribution in [0.25, 0.3) is 0 Å². The second-order valence-corrected chi connectivity index (χ2v) is 2.48. The normalized spacial score (nSPS) is 11.3. The highest BCUT2D eigenvalue weighted by molar-refractivity contribution is 5.37. The molecule has 9 heavy (non-hydrogen) atoms. The van der Waals surface area contributed by atoms with Gasteiger partial charge in [0.2, 0.25) is 0 Å². The SMILES string of the molecule is C=C(C)C(=CC)[C+](C)C. The third-order valence-electron chi connectivity index (χ3n) is 1.29. The zero-order valence-corrected chi connectivity index (χ0v) is 6.78. The summed E-state index contributed by atoms with van der Waals surface area (Å²) in [7, 11) is 0. The van der Waals surface area contributed by atoms with Crippen LogP contribution in [0.5, 0.6) is 0 Å². The van der Waals surface area contributed by atoms with Gasteiger partial charge in [0.1, 0.15) is 5.57 Å². The van der Waals surface area contributed by atoms with Crippen LogP contribution in [0.2, 0.25) is 0 Å². The van der Waals surface area contributed by atoms with Crippen molar-refractivity contribution in [3.05, 3.63) is 29.7 Å². The lowest BCUT2D eigenvalue weighted by Crippen LogP contribution is -1.90. The molecule has 0 amide bonds. The molecule has 0 atom stereocenters. The third-order valence-corrected chi connectivity index (χ3v) is 1.29. The van der Waals surface area contributed by atoms with Crippen LogP contribution in [0.4, 0.5) is 0 Å². The molecule has 0 heteroatoms. The third kappa shape index (κ3) is 2.41. The fourth-order valence-corrected chi connectivity index (χ4v) is 0.962. The molecule has 0 aromatic carbocycles. The highest BCUT2D eigenvalue weighted by atomic mass is 14.1. The summed E-state index contributed by atoms with van der Waals surface area (Å²) in [5.41, 5.74) is 2.44. The van der Waals surface area contributed by atoms with Crippen molar-refractivity contribution in [2.24, 2.45) is 0 Å². The Balaban J connectivity index is 4.19. The Kier molecular flexibility index (Phi) is 3.15. The zero-order valence-electron chi connectivity index (χ0n) is 6.78. The summed E-state index contributed by atoms with van der Waals surface area (Å²) >= 11 is 0. The lowest BCUT2D eigenvalue weighted by molar-refractivity contribution is 1.11. The predicted molar refractivity (Wildman–Crippen MR) is 43.2 cm³/mol. The monoisotopic (exact) mass is 123 g/mol. The summed E-state index contributed by atoms with van der Waals surface area (Å²) in [5.74, 6) is 1.34. The molecule has 0 bridgehead atoms. The van der Waals surface area contributed by atoms with Gasteiger partial charge in [-0.3, -0.25) is 0 Å². The molecular weight excluding hydrogens is 108 g/mol. The van der Waals surface area contributed by atoms with E-state index in [0.29, 0.717) is 0 Å². The van der Waals surface area contributed by atoms with E-state index in [1.807, 2.05) is 13.8 Å².